The topological polar surface area (TPSA) is 84.5 Å². The van der Waals surface area contributed by atoms with Gasteiger partial charge in [-0.15, -0.1) is 0 Å². The Morgan fingerprint density at radius 3 is 2.09 bits per heavy atom. The van der Waals surface area contributed by atoms with Crippen LogP contribution in [0.5, 0.6) is 0 Å². The zero-order valence-corrected chi connectivity index (χ0v) is 17.7. The van der Waals surface area contributed by atoms with Gasteiger partial charge in [-0.05, 0) is 54.1 Å². The molecule has 0 aliphatic heterocycles. The largest absolute Gasteiger partial charge is 0.411 e. The molecule has 2 N–H and O–H groups in total. The van der Waals surface area contributed by atoms with Gasteiger partial charge in [0.15, 0.2) is 0 Å². The van der Waals surface area contributed by atoms with Crippen LogP contribution in [0.3, 0.4) is 0 Å². The average molecular weight is 482 g/mol. The smallest absolute Gasteiger partial charge is 0.367 e. The lowest BCUT2D eigenvalue weighted by Crippen LogP contribution is -2.17. The molecule has 0 atom stereocenters. The molecule has 3 aromatic rings. The summed E-state index contributed by atoms with van der Waals surface area (Å²) < 4.78 is 81.6. The van der Waals surface area contributed by atoms with Crippen LogP contribution in [-0.2, 0) is 21.4 Å². The van der Waals surface area contributed by atoms with Crippen LogP contribution < -0.4 is 10.0 Å². The van der Waals surface area contributed by atoms with E-state index in [1.807, 2.05) is 0 Å². The minimum atomic E-state index is -4.43. The van der Waals surface area contributed by atoms with Crippen LogP contribution >= 0.6 is 0 Å². The normalized spacial score (nSPS) is 11.8. The van der Waals surface area contributed by atoms with Crippen molar-refractivity contribution in [1.29, 1.82) is 0 Å². The Balaban J connectivity index is 1.69. The molecule has 0 fully saturated rings. The molecule has 33 heavy (non-hydrogen) atoms. The summed E-state index contributed by atoms with van der Waals surface area (Å²) in [5, 5.41) is 2.59. The van der Waals surface area contributed by atoms with Gasteiger partial charge in [0.05, 0.1) is 22.9 Å². The number of benzene rings is 3. The van der Waals surface area contributed by atoms with Crippen molar-refractivity contribution in [1.82, 2.24) is 0 Å². The quantitative estimate of drug-likeness (QED) is 0.445. The number of hydrogen-bond acceptors (Lipinski definition) is 4. The van der Waals surface area contributed by atoms with Crippen molar-refractivity contribution in [3.8, 4) is 0 Å². The van der Waals surface area contributed by atoms with Crippen molar-refractivity contribution in [2.75, 3.05) is 16.6 Å². The van der Waals surface area contributed by atoms with E-state index in [0.717, 1.165) is 24.3 Å². The number of amides is 1. The van der Waals surface area contributed by atoms with Gasteiger partial charge in [0.2, 0.25) is 0 Å². The minimum absolute atomic E-state index is 0.0901. The maximum Gasteiger partial charge on any atom is 0.411 e. The third-order valence-corrected chi connectivity index (χ3v) is 5.68. The summed E-state index contributed by atoms with van der Waals surface area (Å²) in [5.74, 6) is -1.15. The highest BCUT2D eigenvalue weighted by Crippen LogP contribution is 2.25. The summed E-state index contributed by atoms with van der Waals surface area (Å²) in [6.45, 7) is -1.64. The second-order valence-corrected chi connectivity index (χ2v) is 8.55. The first kappa shape index (κ1) is 24.2. The number of hydrogen-bond donors (Lipinski definition) is 2. The lowest BCUT2D eigenvalue weighted by atomic mass is 10.1. The molecule has 0 bridgehead atoms. The average Bonchev–Trinajstić information content (AvgIpc) is 2.75. The predicted molar refractivity (Wildman–Crippen MR) is 114 cm³/mol. The number of carbonyl (C=O) groups excluding carboxylic acids is 1. The van der Waals surface area contributed by atoms with E-state index in [4.69, 9.17) is 0 Å². The van der Waals surface area contributed by atoms with Gasteiger partial charge >= 0.3 is 6.18 Å². The molecular weight excluding hydrogens is 464 g/mol. The zero-order chi connectivity index (χ0) is 24.1. The number of halogens is 4. The molecule has 0 saturated heterocycles. The molecule has 0 spiro atoms. The van der Waals surface area contributed by atoms with Gasteiger partial charge in [0, 0.05) is 5.56 Å². The van der Waals surface area contributed by atoms with Gasteiger partial charge in [-0.3, -0.25) is 9.52 Å². The third kappa shape index (κ3) is 7.02. The van der Waals surface area contributed by atoms with Gasteiger partial charge in [0.1, 0.15) is 12.4 Å². The van der Waals surface area contributed by atoms with E-state index in [1.165, 1.54) is 36.4 Å². The predicted octanol–water partition coefficient (Wildman–Crippen LogP) is 4.96. The third-order valence-electron chi connectivity index (χ3n) is 4.29. The highest BCUT2D eigenvalue weighted by Gasteiger charge is 2.27. The molecule has 174 valence electrons. The highest BCUT2D eigenvalue weighted by molar-refractivity contribution is 7.92. The van der Waals surface area contributed by atoms with E-state index in [9.17, 15) is 30.8 Å². The van der Waals surface area contributed by atoms with Gasteiger partial charge in [-0.1, -0.05) is 24.3 Å². The summed E-state index contributed by atoms with van der Waals surface area (Å²) in [6, 6.07) is 16.1. The molecule has 6 nitrogen and oxygen atoms in total. The number of carbonyl (C=O) groups is 1. The molecule has 0 aliphatic rings. The van der Waals surface area contributed by atoms with Crippen molar-refractivity contribution in [3.63, 3.8) is 0 Å². The summed E-state index contributed by atoms with van der Waals surface area (Å²) in [5.41, 5.74) is 0.909. The van der Waals surface area contributed by atoms with Gasteiger partial charge in [0.25, 0.3) is 15.9 Å². The van der Waals surface area contributed by atoms with Crippen LogP contribution in [0.25, 0.3) is 0 Å². The van der Waals surface area contributed by atoms with Crippen molar-refractivity contribution >= 4 is 27.3 Å². The number of nitrogens with one attached hydrogen (secondary N) is 2. The van der Waals surface area contributed by atoms with Crippen molar-refractivity contribution in [3.05, 3.63) is 89.7 Å². The summed E-state index contributed by atoms with van der Waals surface area (Å²) in [4.78, 5) is 12.4. The van der Waals surface area contributed by atoms with E-state index >= 15 is 0 Å². The number of rotatable bonds is 8. The molecule has 0 radical (unpaired) electrons. The highest BCUT2D eigenvalue weighted by atomic mass is 32.2. The van der Waals surface area contributed by atoms with Crippen LogP contribution in [0.1, 0.15) is 15.9 Å². The van der Waals surface area contributed by atoms with E-state index < -0.39 is 34.5 Å². The Hall–Kier alpha value is -3.44. The monoisotopic (exact) mass is 482 g/mol. The van der Waals surface area contributed by atoms with E-state index in [2.05, 4.69) is 14.8 Å². The van der Waals surface area contributed by atoms with E-state index in [0.29, 0.717) is 5.56 Å². The molecule has 3 aromatic carbocycles. The van der Waals surface area contributed by atoms with Crippen molar-refractivity contribution in [2.24, 2.45) is 0 Å². The maximum atomic E-state index is 13.1. The Bertz CT molecular complexity index is 1210. The summed E-state index contributed by atoms with van der Waals surface area (Å²) in [6.07, 6.45) is -4.43. The van der Waals surface area contributed by atoms with Crippen molar-refractivity contribution < 1.29 is 35.5 Å². The van der Waals surface area contributed by atoms with Crippen molar-refractivity contribution in [2.45, 2.75) is 17.7 Å². The minimum Gasteiger partial charge on any atom is -0.367 e. The second kappa shape index (κ2) is 10.0. The molecule has 0 aliphatic carbocycles. The molecule has 1 amide bonds. The van der Waals surface area contributed by atoms with Crippen LogP contribution in [0, 0.1) is 5.82 Å². The lowest BCUT2D eigenvalue weighted by molar-refractivity contribution is -0.176. The number of anilines is 2. The number of para-hydroxylation sites is 2. The fourth-order valence-corrected chi connectivity index (χ4v) is 3.81. The van der Waals surface area contributed by atoms with Crippen LogP contribution in [0.15, 0.2) is 77.7 Å². The first-order valence-corrected chi connectivity index (χ1v) is 10.9. The maximum absolute atomic E-state index is 13.1. The molecule has 0 aromatic heterocycles. The lowest BCUT2D eigenvalue weighted by Gasteiger charge is -2.14. The summed E-state index contributed by atoms with van der Waals surface area (Å²) in [7, 11) is -4.04. The number of sulfonamides is 1. The molecule has 11 heteroatoms. The molecular formula is C22H18F4N2O4S. The SMILES string of the molecule is O=C(Nc1ccccc1NS(=O)(=O)c1ccc(F)cc1)c1ccc(COCC(F)(F)F)cc1. The Kier molecular flexibility index (Phi) is 7.34. The standard InChI is InChI=1S/C22H18F4N2O4S/c23-17-9-11-18(12-10-17)33(30,31)28-20-4-2-1-3-19(20)27-21(29)16-7-5-15(6-8-16)13-32-14-22(24,25)26/h1-12,28H,13-14H2,(H,27,29). The van der Waals surface area contributed by atoms with Gasteiger partial charge < -0.3 is 10.1 Å². The van der Waals surface area contributed by atoms with Gasteiger partial charge in [-0.25, -0.2) is 12.8 Å². The van der Waals surface area contributed by atoms with E-state index in [-0.39, 0.29) is 28.4 Å². The van der Waals surface area contributed by atoms with E-state index in [1.54, 1.807) is 12.1 Å². The van der Waals surface area contributed by atoms with Crippen LogP contribution in [-0.4, -0.2) is 27.1 Å². The second-order valence-electron chi connectivity index (χ2n) is 6.86. The molecule has 0 heterocycles. The van der Waals surface area contributed by atoms with Crippen LogP contribution in [0.2, 0.25) is 0 Å². The van der Waals surface area contributed by atoms with Crippen LogP contribution in [0.4, 0.5) is 28.9 Å². The molecule has 3 rings (SSSR count). The number of ether oxygens (including phenoxy) is 1. The number of alkyl halides is 3. The first-order valence-electron chi connectivity index (χ1n) is 9.46. The fraction of sp³-hybridized carbons (Fsp3) is 0.136. The molecule has 0 unspecified atom stereocenters. The molecule has 0 saturated carbocycles. The Morgan fingerprint density at radius 1 is 0.879 bits per heavy atom. The fourth-order valence-electron chi connectivity index (χ4n) is 2.73. The Labute approximate surface area is 187 Å². The first-order chi connectivity index (χ1) is 15.5. The Morgan fingerprint density at radius 2 is 1.48 bits per heavy atom. The van der Waals surface area contributed by atoms with Gasteiger partial charge in [-0.2, -0.15) is 13.2 Å². The summed E-state index contributed by atoms with van der Waals surface area (Å²) >= 11 is 0. The zero-order valence-electron chi connectivity index (χ0n) is 16.9.